The van der Waals surface area contributed by atoms with Crippen LogP contribution in [0, 0.1) is 17.1 Å². The van der Waals surface area contributed by atoms with Crippen LogP contribution in [0.2, 0.25) is 0 Å². The quantitative estimate of drug-likeness (QED) is 0.800. The van der Waals surface area contributed by atoms with Crippen LogP contribution in [-0.2, 0) is 6.54 Å². The molecule has 0 aromatic heterocycles. The van der Waals surface area contributed by atoms with Crippen LogP contribution >= 0.6 is 0 Å². The molecule has 0 aliphatic carbocycles. The molecule has 1 aliphatic rings. The Kier molecular flexibility index (Phi) is 3.75. The van der Waals surface area contributed by atoms with E-state index in [1.165, 1.54) is 18.9 Å². The largest absolute Gasteiger partial charge is 0.296 e. The number of benzene rings is 1. The molecule has 0 radical (unpaired) electrons. The molecule has 2 nitrogen and oxygen atoms in total. The summed E-state index contributed by atoms with van der Waals surface area (Å²) in [4.78, 5) is 2.34. The summed E-state index contributed by atoms with van der Waals surface area (Å²) in [5.41, 5.74) is 1.09. The van der Waals surface area contributed by atoms with Gasteiger partial charge in [0, 0.05) is 18.2 Å². The predicted octanol–water partition coefficient (Wildman–Crippen LogP) is 3.07. The zero-order valence-corrected chi connectivity index (χ0v) is 10.1. The fraction of sp³-hybridized carbons (Fsp3) is 0.500. The second kappa shape index (κ2) is 5.29. The van der Waals surface area contributed by atoms with Gasteiger partial charge in [-0.15, -0.1) is 0 Å². The van der Waals surface area contributed by atoms with E-state index in [1.54, 1.807) is 12.1 Å². The lowest BCUT2D eigenvalue weighted by Gasteiger charge is -2.23. The summed E-state index contributed by atoms with van der Waals surface area (Å²) in [5.74, 6) is -0.259. The lowest BCUT2D eigenvalue weighted by Crippen LogP contribution is -2.28. The normalized spacial score (nSPS) is 20.4. The first-order valence-electron chi connectivity index (χ1n) is 6.17. The number of hydrogen-bond donors (Lipinski definition) is 0. The fourth-order valence-electron chi connectivity index (χ4n) is 2.53. The van der Waals surface area contributed by atoms with E-state index >= 15 is 0 Å². The highest BCUT2D eigenvalue weighted by Crippen LogP contribution is 2.23. The van der Waals surface area contributed by atoms with E-state index in [0.717, 1.165) is 13.0 Å². The van der Waals surface area contributed by atoms with Crippen molar-refractivity contribution in [1.82, 2.24) is 4.90 Å². The summed E-state index contributed by atoms with van der Waals surface area (Å²) < 4.78 is 13.7. The number of hydrogen-bond acceptors (Lipinski definition) is 2. The third-order valence-corrected chi connectivity index (χ3v) is 3.53. The van der Waals surface area contributed by atoms with Gasteiger partial charge in [0.1, 0.15) is 5.82 Å². The number of nitriles is 1. The van der Waals surface area contributed by atoms with Crippen LogP contribution in [0.3, 0.4) is 0 Å². The molecular weight excluding hydrogens is 215 g/mol. The van der Waals surface area contributed by atoms with Crippen LogP contribution < -0.4 is 0 Å². The SMILES string of the molecule is CCC1CCCN1Cc1ccc(C#N)cc1F. The Morgan fingerprint density at radius 3 is 3.00 bits per heavy atom. The summed E-state index contributed by atoms with van der Waals surface area (Å²) in [6.07, 6.45) is 3.54. The Hall–Kier alpha value is -1.40. The van der Waals surface area contributed by atoms with Crippen molar-refractivity contribution in [2.75, 3.05) is 6.54 Å². The lowest BCUT2D eigenvalue weighted by molar-refractivity contribution is 0.237. The molecule has 1 unspecified atom stereocenters. The van der Waals surface area contributed by atoms with Gasteiger partial charge in [-0.25, -0.2) is 4.39 Å². The Morgan fingerprint density at radius 2 is 2.35 bits per heavy atom. The maximum Gasteiger partial charge on any atom is 0.129 e. The van der Waals surface area contributed by atoms with Gasteiger partial charge in [-0.05, 0) is 37.9 Å². The lowest BCUT2D eigenvalue weighted by atomic mass is 10.1. The van der Waals surface area contributed by atoms with Crippen molar-refractivity contribution in [1.29, 1.82) is 5.26 Å². The van der Waals surface area contributed by atoms with Gasteiger partial charge in [-0.2, -0.15) is 5.26 Å². The minimum atomic E-state index is -0.259. The predicted molar refractivity (Wildman–Crippen MR) is 64.8 cm³/mol. The molecule has 1 fully saturated rings. The third-order valence-electron chi connectivity index (χ3n) is 3.53. The van der Waals surface area contributed by atoms with Crippen molar-refractivity contribution in [2.24, 2.45) is 0 Å². The molecular formula is C14H17FN2. The Labute approximate surface area is 102 Å². The molecule has 2 rings (SSSR count). The molecule has 0 bridgehead atoms. The Balaban J connectivity index is 2.11. The van der Waals surface area contributed by atoms with E-state index < -0.39 is 0 Å². The zero-order chi connectivity index (χ0) is 12.3. The topological polar surface area (TPSA) is 27.0 Å². The number of rotatable bonds is 3. The maximum atomic E-state index is 13.7. The van der Waals surface area contributed by atoms with Crippen LogP contribution in [0.5, 0.6) is 0 Å². The van der Waals surface area contributed by atoms with Gasteiger partial charge >= 0.3 is 0 Å². The van der Waals surface area contributed by atoms with Gasteiger partial charge in [0.2, 0.25) is 0 Å². The number of halogens is 1. The molecule has 1 aliphatic heterocycles. The van der Waals surface area contributed by atoms with E-state index in [0.29, 0.717) is 23.7 Å². The standard InChI is InChI=1S/C14H17FN2/c1-2-13-4-3-7-17(13)10-12-6-5-11(9-16)8-14(12)15/h5-6,8,13H,2-4,7,10H2,1H3. The smallest absolute Gasteiger partial charge is 0.129 e. The van der Waals surface area contributed by atoms with E-state index in [-0.39, 0.29) is 5.82 Å². The van der Waals surface area contributed by atoms with Crippen molar-refractivity contribution < 1.29 is 4.39 Å². The minimum absolute atomic E-state index is 0.259. The highest BCUT2D eigenvalue weighted by Gasteiger charge is 2.23. The molecule has 1 aromatic carbocycles. The van der Waals surface area contributed by atoms with Crippen LogP contribution in [0.4, 0.5) is 4.39 Å². The van der Waals surface area contributed by atoms with Crippen LogP contribution in [0.15, 0.2) is 18.2 Å². The number of nitrogens with zero attached hydrogens (tertiary/aromatic N) is 2. The second-order valence-electron chi connectivity index (χ2n) is 4.59. The van der Waals surface area contributed by atoms with Gasteiger partial charge in [0.15, 0.2) is 0 Å². The van der Waals surface area contributed by atoms with Gasteiger partial charge in [-0.3, -0.25) is 4.90 Å². The van der Waals surface area contributed by atoms with E-state index in [2.05, 4.69) is 11.8 Å². The van der Waals surface area contributed by atoms with Crippen LogP contribution in [-0.4, -0.2) is 17.5 Å². The molecule has 17 heavy (non-hydrogen) atoms. The third kappa shape index (κ3) is 2.65. The average molecular weight is 232 g/mol. The van der Waals surface area contributed by atoms with Gasteiger partial charge in [0.25, 0.3) is 0 Å². The van der Waals surface area contributed by atoms with Crippen molar-refractivity contribution in [3.63, 3.8) is 0 Å². The van der Waals surface area contributed by atoms with Crippen molar-refractivity contribution >= 4 is 0 Å². The monoisotopic (exact) mass is 232 g/mol. The summed E-state index contributed by atoms with van der Waals surface area (Å²) >= 11 is 0. The molecule has 3 heteroatoms. The van der Waals surface area contributed by atoms with Crippen LogP contribution in [0.25, 0.3) is 0 Å². The average Bonchev–Trinajstić information content (AvgIpc) is 2.79. The first-order chi connectivity index (χ1) is 8.24. The number of likely N-dealkylation sites (tertiary alicyclic amines) is 1. The molecule has 1 aromatic rings. The maximum absolute atomic E-state index is 13.7. The molecule has 0 N–H and O–H groups in total. The summed E-state index contributed by atoms with van der Waals surface area (Å²) in [7, 11) is 0. The Bertz CT molecular complexity index is 436. The molecule has 1 saturated heterocycles. The van der Waals surface area contributed by atoms with Gasteiger partial charge in [0.05, 0.1) is 11.6 Å². The van der Waals surface area contributed by atoms with E-state index in [9.17, 15) is 4.39 Å². The van der Waals surface area contributed by atoms with E-state index in [4.69, 9.17) is 5.26 Å². The summed E-state index contributed by atoms with van der Waals surface area (Å²) in [6.45, 7) is 3.89. The van der Waals surface area contributed by atoms with Crippen molar-refractivity contribution in [3.8, 4) is 6.07 Å². The second-order valence-corrected chi connectivity index (χ2v) is 4.59. The molecule has 1 heterocycles. The van der Waals surface area contributed by atoms with Gasteiger partial charge < -0.3 is 0 Å². The Morgan fingerprint density at radius 1 is 1.53 bits per heavy atom. The van der Waals surface area contributed by atoms with Crippen LogP contribution in [0.1, 0.15) is 37.3 Å². The molecule has 0 spiro atoms. The first-order valence-corrected chi connectivity index (χ1v) is 6.17. The highest BCUT2D eigenvalue weighted by atomic mass is 19.1. The summed E-state index contributed by atoms with van der Waals surface area (Å²) in [5, 5.41) is 8.69. The molecule has 0 saturated carbocycles. The van der Waals surface area contributed by atoms with Crippen molar-refractivity contribution in [3.05, 3.63) is 35.1 Å². The molecule has 0 amide bonds. The molecule has 1 atom stereocenters. The van der Waals surface area contributed by atoms with E-state index in [1.807, 2.05) is 6.07 Å². The summed E-state index contributed by atoms with van der Waals surface area (Å²) in [6, 6.07) is 7.29. The van der Waals surface area contributed by atoms with Gasteiger partial charge in [-0.1, -0.05) is 13.0 Å². The molecule has 90 valence electrons. The first kappa shape index (κ1) is 12.1. The fourth-order valence-corrected chi connectivity index (χ4v) is 2.53. The minimum Gasteiger partial charge on any atom is -0.296 e. The highest BCUT2D eigenvalue weighted by molar-refractivity contribution is 5.32. The van der Waals surface area contributed by atoms with Crippen molar-refractivity contribution in [2.45, 2.75) is 38.8 Å². The zero-order valence-electron chi connectivity index (χ0n) is 10.1.